The van der Waals surface area contributed by atoms with Crippen molar-refractivity contribution in [3.63, 3.8) is 0 Å². The predicted molar refractivity (Wildman–Crippen MR) is 113 cm³/mol. The van der Waals surface area contributed by atoms with Crippen LogP contribution >= 0.6 is 0 Å². The SMILES string of the molecule is Cc1cccc(-c2nnc(CN(C)Cc3c(C)nn(-c4ccccc4)c3C)o2)c1. The van der Waals surface area contributed by atoms with Crippen LogP contribution in [-0.2, 0) is 13.1 Å². The molecule has 0 N–H and O–H groups in total. The van der Waals surface area contributed by atoms with Gasteiger partial charge in [0, 0.05) is 23.4 Å². The quantitative estimate of drug-likeness (QED) is 0.488. The second-order valence-corrected chi connectivity index (χ2v) is 7.44. The van der Waals surface area contributed by atoms with E-state index in [1.165, 1.54) is 11.1 Å². The minimum absolute atomic E-state index is 0.557. The first-order valence-corrected chi connectivity index (χ1v) is 9.70. The average molecular weight is 387 g/mol. The lowest BCUT2D eigenvalue weighted by molar-refractivity contribution is 0.282. The van der Waals surface area contributed by atoms with Crippen LogP contribution in [0, 0.1) is 20.8 Å². The molecule has 0 aliphatic heterocycles. The van der Waals surface area contributed by atoms with E-state index >= 15 is 0 Å². The third-order valence-electron chi connectivity index (χ3n) is 5.01. The zero-order valence-electron chi connectivity index (χ0n) is 17.3. The Morgan fingerprint density at radius 1 is 0.931 bits per heavy atom. The van der Waals surface area contributed by atoms with Crippen LogP contribution in [-0.4, -0.2) is 31.9 Å². The Hall–Kier alpha value is -3.25. The van der Waals surface area contributed by atoms with Crippen molar-refractivity contribution in [1.29, 1.82) is 0 Å². The summed E-state index contributed by atoms with van der Waals surface area (Å²) in [6.45, 7) is 7.55. The highest BCUT2D eigenvalue weighted by Crippen LogP contribution is 2.22. The lowest BCUT2D eigenvalue weighted by Crippen LogP contribution is -2.18. The number of rotatable bonds is 6. The van der Waals surface area contributed by atoms with Gasteiger partial charge in [0.25, 0.3) is 0 Å². The highest BCUT2D eigenvalue weighted by molar-refractivity contribution is 5.53. The van der Waals surface area contributed by atoms with E-state index in [0.29, 0.717) is 18.3 Å². The van der Waals surface area contributed by atoms with E-state index in [-0.39, 0.29) is 0 Å². The van der Waals surface area contributed by atoms with Crippen molar-refractivity contribution in [2.45, 2.75) is 33.9 Å². The fourth-order valence-electron chi connectivity index (χ4n) is 3.49. The Morgan fingerprint density at radius 2 is 1.72 bits per heavy atom. The van der Waals surface area contributed by atoms with Gasteiger partial charge in [0.2, 0.25) is 11.8 Å². The summed E-state index contributed by atoms with van der Waals surface area (Å²) in [6, 6.07) is 18.3. The maximum Gasteiger partial charge on any atom is 0.247 e. The van der Waals surface area contributed by atoms with Crippen LogP contribution in [0.1, 0.15) is 28.4 Å². The van der Waals surface area contributed by atoms with E-state index < -0.39 is 0 Å². The largest absolute Gasteiger partial charge is 0.419 e. The number of aryl methyl sites for hydroxylation is 2. The molecule has 6 nitrogen and oxygen atoms in total. The topological polar surface area (TPSA) is 60.0 Å². The van der Waals surface area contributed by atoms with Crippen molar-refractivity contribution in [3.05, 3.63) is 83.0 Å². The smallest absolute Gasteiger partial charge is 0.247 e. The molecule has 0 bridgehead atoms. The predicted octanol–water partition coefficient (Wildman–Crippen LogP) is 4.48. The molecule has 2 aromatic heterocycles. The van der Waals surface area contributed by atoms with Gasteiger partial charge in [-0.25, -0.2) is 4.68 Å². The second-order valence-electron chi connectivity index (χ2n) is 7.44. The van der Waals surface area contributed by atoms with Crippen LogP contribution in [0.15, 0.2) is 59.0 Å². The number of aromatic nitrogens is 4. The van der Waals surface area contributed by atoms with Crippen LogP contribution in [0.4, 0.5) is 0 Å². The fourth-order valence-corrected chi connectivity index (χ4v) is 3.49. The lowest BCUT2D eigenvalue weighted by atomic mass is 10.1. The summed E-state index contributed by atoms with van der Waals surface area (Å²) in [5, 5.41) is 13.2. The molecule has 29 heavy (non-hydrogen) atoms. The first kappa shape index (κ1) is 19.1. The molecule has 0 radical (unpaired) electrons. The number of hydrogen-bond donors (Lipinski definition) is 0. The van der Waals surface area contributed by atoms with Gasteiger partial charge in [0.05, 0.1) is 17.9 Å². The Labute approximate surface area is 170 Å². The van der Waals surface area contributed by atoms with Gasteiger partial charge in [-0.15, -0.1) is 10.2 Å². The molecule has 0 aliphatic rings. The summed E-state index contributed by atoms with van der Waals surface area (Å²) < 4.78 is 7.88. The van der Waals surface area contributed by atoms with E-state index in [0.717, 1.165) is 29.2 Å². The molecule has 0 unspecified atom stereocenters. The molecule has 4 rings (SSSR count). The van der Waals surface area contributed by atoms with Crippen molar-refractivity contribution in [2.24, 2.45) is 0 Å². The Bertz CT molecular complexity index is 1110. The highest BCUT2D eigenvalue weighted by atomic mass is 16.4. The van der Waals surface area contributed by atoms with E-state index in [1.54, 1.807) is 0 Å². The van der Waals surface area contributed by atoms with E-state index in [1.807, 2.05) is 41.1 Å². The molecule has 2 aromatic carbocycles. The minimum Gasteiger partial charge on any atom is -0.419 e. The molecule has 0 saturated heterocycles. The second kappa shape index (κ2) is 8.01. The maximum atomic E-state index is 5.88. The summed E-state index contributed by atoms with van der Waals surface area (Å²) in [6.07, 6.45) is 0. The molecule has 2 heterocycles. The minimum atomic E-state index is 0.557. The van der Waals surface area contributed by atoms with Gasteiger partial charge in [-0.1, -0.05) is 35.9 Å². The average Bonchev–Trinajstić information content (AvgIpc) is 3.28. The van der Waals surface area contributed by atoms with Crippen molar-refractivity contribution >= 4 is 0 Å². The summed E-state index contributed by atoms with van der Waals surface area (Å²) in [5.74, 6) is 1.16. The molecular formula is C23H25N5O. The lowest BCUT2D eigenvalue weighted by Gasteiger charge is -2.14. The standard InChI is InChI=1S/C23H25N5O/c1-16-9-8-10-19(13-16)23-25-24-22(29-23)15-27(4)14-21-17(2)26-28(18(21)3)20-11-6-5-7-12-20/h5-13H,14-15H2,1-4H3. The molecular weight excluding hydrogens is 362 g/mol. The normalized spacial score (nSPS) is 11.3. The van der Waals surface area contributed by atoms with Gasteiger partial charge < -0.3 is 4.42 Å². The zero-order chi connectivity index (χ0) is 20.4. The maximum absolute atomic E-state index is 5.88. The summed E-state index contributed by atoms with van der Waals surface area (Å²) in [7, 11) is 2.05. The monoisotopic (exact) mass is 387 g/mol. The van der Waals surface area contributed by atoms with Crippen LogP contribution in [0.25, 0.3) is 17.1 Å². The van der Waals surface area contributed by atoms with Crippen LogP contribution in [0.5, 0.6) is 0 Å². The molecule has 0 aliphatic carbocycles. The molecule has 148 valence electrons. The molecule has 0 saturated carbocycles. The van der Waals surface area contributed by atoms with Crippen molar-refractivity contribution in [1.82, 2.24) is 24.9 Å². The fraction of sp³-hybridized carbons (Fsp3) is 0.261. The van der Waals surface area contributed by atoms with Gasteiger partial charge in [0.15, 0.2) is 0 Å². The number of para-hydroxylation sites is 1. The van der Waals surface area contributed by atoms with Crippen molar-refractivity contribution in [3.8, 4) is 17.1 Å². The number of hydrogen-bond acceptors (Lipinski definition) is 5. The molecule has 0 spiro atoms. The van der Waals surface area contributed by atoms with Crippen LogP contribution < -0.4 is 0 Å². The summed E-state index contributed by atoms with van der Waals surface area (Å²) in [4.78, 5) is 2.17. The van der Waals surface area contributed by atoms with Gasteiger partial charge in [0.1, 0.15) is 0 Å². The van der Waals surface area contributed by atoms with Gasteiger partial charge in [-0.2, -0.15) is 5.10 Å². The molecule has 4 aromatic rings. The highest BCUT2D eigenvalue weighted by Gasteiger charge is 2.16. The van der Waals surface area contributed by atoms with Gasteiger partial charge >= 0.3 is 0 Å². The van der Waals surface area contributed by atoms with E-state index in [4.69, 9.17) is 9.52 Å². The third-order valence-corrected chi connectivity index (χ3v) is 5.01. The zero-order valence-corrected chi connectivity index (χ0v) is 17.3. The van der Waals surface area contributed by atoms with Crippen LogP contribution in [0.2, 0.25) is 0 Å². The molecule has 6 heteroatoms. The van der Waals surface area contributed by atoms with Gasteiger partial charge in [-0.05, 0) is 52.1 Å². The number of benzene rings is 2. The van der Waals surface area contributed by atoms with E-state index in [2.05, 4.69) is 61.1 Å². The van der Waals surface area contributed by atoms with Gasteiger partial charge in [-0.3, -0.25) is 4.90 Å². The molecule has 0 amide bonds. The first-order valence-electron chi connectivity index (χ1n) is 9.70. The van der Waals surface area contributed by atoms with E-state index in [9.17, 15) is 0 Å². The van der Waals surface area contributed by atoms with Crippen molar-refractivity contribution in [2.75, 3.05) is 7.05 Å². The van der Waals surface area contributed by atoms with Crippen molar-refractivity contribution < 1.29 is 4.42 Å². The first-order chi connectivity index (χ1) is 14.0. The molecule has 0 atom stereocenters. The summed E-state index contributed by atoms with van der Waals surface area (Å²) >= 11 is 0. The molecule has 0 fully saturated rings. The Balaban J connectivity index is 1.48. The number of nitrogens with zero attached hydrogens (tertiary/aromatic N) is 5. The summed E-state index contributed by atoms with van der Waals surface area (Å²) in [5.41, 5.74) is 6.58. The Morgan fingerprint density at radius 3 is 2.48 bits per heavy atom. The van der Waals surface area contributed by atoms with Crippen LogP contribution in [0.3, 0.4) is 0 Å². The third kappa shape index (κ3) is 4.12. The Kier molecular flexibility index (Phi) is 5.27.